The minimum absolute atomic E-state index is 0.297. The summed E-state index contributed by atoms with van der Waals surface area (Å²) in [5.41, 5.74) is 0.322. The summed E-state index contributed by atoms with van der Waals surface area (Å²) in [5.74, 6) is -0.674. The van der Waals surface area contributed by atoms with Crippen molar-refractivity contribution in [2.45, 2.75) is 12.5 Å². The number of nitrogens with zero attached hydrogens (tertiary/aromatic N) is 1. The molecule has 0 fully saturated rings. The average molecular weight is 308 g/mol. The lowest BCUT2D eigenvalue weighted by Gasteiger charge is -2.14. The third-order valence-corrected chi connectivity index (χ3v) is 3.25. The highest BCUT2D eigenvalue weighted by Crippen LogP contribution is 2.16. The second-order valence-electron chi connectivity index (χ2n) is 4.14. The summed E-state index contributed by atoms with van der Waals surface area (Å²) in [4.78, 5) is 22.7. The van der Waals surface area contributed by atoms with Gasteiger partial charge in [0.2, 0.25) is 0 Å². The van der Waals surface area contributed by atoms with Gasteiger partial charge in [-0.2, -0.15) is 17.0 Å². The Balaban J connectivity index is 2.53. The summed E-state index contributed by atoms with van der Waals surface area (Å²) in [6.45, 7) is -0.332. The molecule has 0 aliphatic carbocycles. The molecule has 0 saturated heterocycles. The van der Waals surface area contributed by atoms with E-state index in [1.54, 1.807) is 24.3 Å². The number of benzene rings is 1. The van der Waals surface area contributed by atoms with Crippen LogP contribution in [0.3, 0.4) is 0 Å². The van der Waals surface area contributed by atoms with Gasteiger partial charge in [-0.05, 0) is 30.6 Å². The van der Waals surface area contributed by atoms with Gasteiger partial charge in [-0.15, -0.1) is 0 Å². The summed E-state index contributed by atoms with van der Waals surface area (Å²) in [7, 11) is 0. The van der Waals surface area contributed by atoms with E-state index < -0.39 is 17.9 Å². The molecule has 0 aliphatic rings. The highest BCUT2D eigenvalue weighted by molar-refractivity contribution is 7.98. The van der Waals surface area contributed by atoms with Crippen molar-refractivity contribution in [3.05, 3.63) is 29.8 Å². The SMILES string of the molecule is CSCC[C@H](NC(=O)COc1ccccc1C#N)C(=O)O. The predicted octanol–water partition coefficient (Wildman–Crippen LogP) is 1.26. The molecule has 0 aliphatic heterocycles. The maximum Gasteiger partial charge on any atom is 0.326 e. The number of para-hydroxylation sites is 1. The number of carboxylic acids is 1. The average Bonchev–Trinajstić information content (AvgIpc) is 2.49. The number of amides is 1. The monoisotopic (exact) mass is 308 g/mol. The lowest BCUT2D eigenvalue weighted by atomic mass is 10.2. The maximum atomic E-state index is 11.7. The molecule has 1 amide bonds. The second kappa shape index (κ2) is 8.87. The molecule has 0 saturated carbocycles. The fourth-order valence-corrected chi connectivity index (χ4v) is 2.03. The molecule has 0 spiro atoms. The molecule has 1 aromatic rings. The number of carbonyl (C=O) groups excluding carboxylic acids is 1. The zero-order valence-corrected chi connectivity index (χ0v) is 12.4. The van der Waals surface area contributed by atoms with Crippen LogP contribution in [0.1, 0.15) is 12.0 Å². The van der Waals surface area contributed by atoms with E-state index in [4.69, 9.17) is 15.1 Å². The molecule has 1 atom stereocenters. The molecule has 2 N–H and O–H groups in total. The Hall–Kier alpha value is -2.20. The van der Waals surface area contributed by atoms with Crippen LogP contribution in [-0.2, 0) is 9.59 Å². The molecule has 21 heavy (non-hydrogen) atoms. The van der Waals surface area contributed by atoms with E-state index in [9.17, 15) is 9.59 Å². The Morgan fingerprint density at radius 2 is 2.19 bits per heavy atom. The van der Waals surface area contributed by atoms with Gasteiger partial charge in [0.05, 0.1) is 5.56 Å². The summed E-state index contributed by atoms with van der Waals surface area (Å²) in [6, 6.07) is 7.55. The molecule has 0 heterocycles. The lowest BCUT2D eigenvalue weighted by Crippen LogP contribution is -2.43. The van der Waals surface area contributed by atoms with Crippen molar-refractivity contribution in [3.63, 3.8) is 0 Å². The first-order chi connectivity index (χ1) is 10.1. The van der Waals surface area contributed by atoms with Gasteiger partial charge in [-0.25, -0.2) is 4.79 Å². The third-order valence-electron chi connectivity index (χ3n) is 2.61. The Morgan fingerprint density at radius 3 is 2.81 bits per heavy atom. The zero-order valence-electron chi connectivity index (χ0n) is 11.5. The Bertz CT molecular complexity index is 542. The van der Waals surface area contributed by atoms with Gasteiger partial charge in [-0.1, -0.05) is 12.1 Å². The van der Waals surface area contributed by atoms with Crippen molar-refractivity contribution in [1.29, 1.82) is 5.26 Å². The van der Waals surface area contributed by atoms with Crippen LogP contribution in [0.5, 0.6) is 5.75 Å². The lowest BCUT2D eigenvalue weighted by molar-refractivity contribution is -0.142. The summed E-state index contributed by atoms with van der Waals surface area (Å²) >= 11 is 1.51. The van der Waals surface area contributed by atoms with Crippen LogP contribution < -0.4 is 10.1 Å². The number of carboxylic acid groups (broad SMARTS) is 1. The molecule has 6 nitrogen and oxygen atoms in total. The van der Waals surface area contributed by atoms with E-state index in [1.165, 1.54) is 11.8 Å². The summed E-state index contributed by atoms with van der Waals surface area (Å²) in [6.07, 6.45) is 2.21. The number of nitrogens with one attached hydrogen (secondary N) is 1. The first-order valence-corrected chi connectivity index (χ1v) is 7.61. The van der Waals surface area contributed by atoms with E-state index in [-0.39, 0.29) is 6.61 Å². The smallest absolute Gasteiger partial charge is 0.326 e. The van der Waals surface area contributed by atoms with E-state index in [0.717, 1.165) is 0 Å². The van der Waals surface area contributed by atoms with Crippen LogP contribution in [0.4, 0.5) is 0 Å². The van der Waals surface area contributed by atoms with E-state index in [1.807, 2.05) is 12.3 Å². The Kier molecular flexibility index (Phi) is 7.12. The summed E-state index contributed by atoms with van der Waals surface area (Å²) < 4.78 is 5.24. The minimum Gasteiger partial charge on any atom is -0.482 e. The van der Waals surface area contributed by atoms with Gasteiger partial charge in [-0.3, -0.25) is 4.79 Å². The molecule has 0 bridgehead atoms. The van der Waals surface area contributed by atoms with E-state index >= 15 is 0 Å². The molecule has 1 aromatic carbocycles. The standard InChI is InChI=1S/C14H16N2O4S/c1-21-7-6-11(14(18)19)16-13(17)9-20-12-5-3-2-4-10(12)8-15/h2-5,11H,6-7,9H2,1H3,(H,16,17)(H,18,19)/t11-/m0/s1. The van der Waals surface area contributed by atoms with Gasteiger partial charge in [0, 0.05) is 0 Å². The highest BCUT2D eigenvalue weighted by atomic mass is 32.2. The molecule has 7 heteroatoms. The van der Waals surface area contributed by atoms with Crippen molar-refractivity contribution in [1.82, 2.24) is 5.32 Å². The van der Waals surface area contributed by atoms with Crippen LogP contribution in [0.15, 0.2) is 24.3 Å². The van der Waals surface area contributed by atoms with Crippen LogP contribution in [-0.4, -0.2) is 41.6 Å². The molecule has 0 aromatic heterocycles. The van der Waals surface area contributed by atoms with Crippen LogP contribution in [0, 0.1) is 11.3 Å². The number of rotatable bonds is 8. The molecule has 0 unspecified atom stereocenters. The fraction of sp³-hybridized carbons (Fsp3) is 0.357. The first-order valence-electron chi connectivity index (χ1n) is 6.21. The van der Waals surface area contributed by atoms with E-state index in [0.29, 0.717) is 23.5 Å². The van der Waals surface area contributed by atoms with Crippen molar-refractivity contribution in [2.75, 3.05) is 18.6 Å². The van der Waals surface area contributed by atoms with Crippen LogP contribution in [0.25, 0.3) is 0 Å². The molecule has 0 radical (unpaired) electrons. The van der Waals surface area contributed by atoms with Gasteiger partial charge in [0.1, 0.15) is 17.9 Å². The van der Waals surface area contributed by atoms with Crippen molar-refractivity contribution in [3.8, 4) is 11.8 Å². The minimum atomic E-state index is -1.07. The second-order valence-corrected chi connectivity index (χ2v) is 5.12. The zero-order chi connectivity index (χ0) is 15.7. The number of ether oxygens (including phenoxy) is 1. The first kappa shape index (κ1) is 16.9. The van der Waals surface area contributed by atoms with Gasteiger partial charge >= 0.3 is 5.97 Å². The Labute approximate surface area is 127 Å². The molecular formula is C14H16N2O4S. The molecule has 1 rings (SSSR count). The largest absolute Gasteiger partial charge is 0.482 e. The maximum absolute atomic E-state index is 11.7. The number of hydrogen-bond acceptors (Lipinski definition) is 5. The van der Waals surface area contributed by atoms with E-state index in [2.05, 4.69) is 5.32 Å². The van der Waals surface area contributed by atoms with Crippen LogP contribution >= 0.6 is 11.8 Å². The number of aliphatic carboxylic acids is 1. The number of thioether (sulfide) groups is 1. The normalized spacial score (nSPS) is 11.2. The fourth-order valence-electron chi connectivity index (χ4n) is 1.56. The highest BCUT2D eigenvalue weighted by Gasteiger charge is 2.19. The summed E-state index contributed by atoms with van der Waals surface area (Å²) in [5, 5.41) is 20.3. The third kappa shape index (κ3) is 5.75. The van der Waals surface area contributed by atoms with Gasteiger partial charge in [0.25, 0.3) is 5.91 Å². The van der Waals surface area contributed by atoms with Crippen molar-refractivity contribution < 1.29 is 19.4 Å². The van der Waals surface area contributed by atoms with Gasteiger partial charge < -0.3 is 15.2 Å². The van der Waals surface area contributed by atoms with Crippen molar-refractivity contribution >= 4 is 23.6 Å². The topological polar surface area (TPSA) is 99.4 Å². The number of nitriles is 1. The quantitative estimate of drug-likeness (QED) is 0.750. The number of hydrogen-bond donors (Lipinski definition) is 2. The Morgan fingerprint density at radius 1 is 1.48 bits per heavy atom. The molecular weight excluding hydrogens is 292 g/mol. The molecule has 112 valence electrons. The van der Waals surface area contributed by atoms with Crippen molar-refractivity contribution in [2.24, 2.45) is 0 Å². The number of carbonyl (C=O) groups is 2. The van der Waals surface area contributed by atoms with Gasteiger partial charge in [0.15, 0.2) is 6.61 Å². The van der Waals surface area contributed by atoms with Crippen LogP contribution in [0.2, 0.25) is 0 Å². The predicted molar refractivity (Wildman–Crippen MR) is 79.2 cm³/mol.